The molecule has 8 nitrogen and oxygen atoms in total. The van der Waals surface area contributed by atoms with E-state index in [0.717, 1.165) is 30.0 Å². The molecule has 1 aromatic heterocycles. The van der Waals surface area contributed by atoms with Crippen molar-refractivity contribution in [2.24, 2.45) is 0 Å². The van der Waals surface area contributed by atoms with Crippen LogP contribution in [0.25, 0.3) is 0 Å². The standard InChI is InChI=1S/C18H27N3O5/c1-12-14(13(2)26-20-12)10-25-16-11-24-9-6-15(16)19-17(22)5-8-21-7-3-4-18(21)23/h15-16H,3-11H2,1-2H3,(H,19,22)/t15-,16-/m1/s1. The highest BCUT2D eigenvalue weighted by atomic mass is 16.5. The molecule has 0 aromatic carbocycles. The lowest BCUT2D eigenvalue weighted by molar-refractivity contribution is -0.129. The minimum absolute atomic E-state index is 0.0532. The van der Waals surface area contributed by atoms with E-state index in [2.05, 4.69) is 10.5 Å². The second-order valence-corrected chi connectivity index (χ2v) is 6.92. The minimum atomic E-state index is -0.213. The summed E-state index contributed by atoms with van der Waals surface area (Å²) in [6, 6.07) is -0.0917. The van der Waals surface area contributed by atoms with Gasteiger partial charge in [-0.1, -0.05) is 5.16 Å². The minimum Gasteiger partial charge on any atom is -0.379 e. The van der Waals surface area contributed by atoms with E-state index >= 15 is 0 Å². The molecule has 2 saturated heterocycles. The van der Waals surface area contributed by atoms with Gasteiger partial charge in [0, 0.05) is 38.1 Å². The summed E-state index contributed by atoms with van der Waals surface area (Å²) in [4.78, 5) is 25.7. The predicted octanol–water partition coefficient (Wildman–Crippen LogP) is 1.09. The van der Waals surface area contributed by atoms with E-state index in [1.165, 1.54) is 0 Å². The van der Waals surface area contributed by atoms with Crippen molar-refractivity contribution in [1.82, 2.24) is 15.4 Å². The third kappa shape index (κ3) is 4.62. The molecule has 0 unspecified atom stereocenters. The van der Waals surface area contributed by atoms with Crippen molar-refractivity contribution in [2.45, 2.75) is 58.3 Å². The van der Waals surface area contributed by atoms with Gasteiger partial charge in [0.25, 0.3) is 0 Å². The number of nitrogens with one attached hydrogen (secondary N) is 1. The molecule has 8 heteroatoms. The lowest BCUT2D eigenvalue weighted by Crippen LogP contribution is -2.50. The Morgan fingerprint density at radius 1 is 1.42 bits per heavy atom. The number of likely N-dealkylation sites (tertiary alicyclic amines) is 1. The largest absolute Gasteiger partial charge is 0.379 e. The fourth-order valence-corrected chi connectivity index (χ4v) is 3.40. The molecule has 1 aromatic rings. The van der Waals surface area contributed by atoms with Crippen molar-refractivity contribution in [3.63, 3.8) is 0 Å². The summed E-state index contributed by atoms with van der Waals surface area (Å²) >= 11 is 0. The van der Waals surface area contributed by atoms with Crippen molar-refractivity contribution >= 4 is 11.8 Å². The van der Waals surface area contributed by atoms with Gasteiger partial charge in [0.1, 0.15) is 11.9 Å². The van der Waals surface area contributed by atoms with E-state index in [1.807, 2.05) is 13.8 Å². The number of hydrogen-bond donors (Lipinski definition) is 1. The van der Waals surface area contributed by atoms with Crippen LogP contribution in [0.4, 0.5) is 0 Å². The summed E-state index contributed by atoms with van der Waals surface area (Å²) in [6.07, 6.45) is 2.30. The highest BCUT2D eigenvalue weighted by Crippen LogP contribution is 2.18. The van der Waals surface area contributed by atoms with Gasteiger partial charge in [-0.2, -0.15) is 0 Å². The number of rotatable bonds is 7. The van der Waals surface area contributed by atoms with Crippen molar-refractivity contribution in [1.29, 1.82) is 0 Å². The van der Waals surface area contributed by atoms with E-state index in [1.54, 1.807) is 4.90 Å². The van der Waals surface area contributed by atoms with Crippen LogP contribution in [0, 0.1) is 13.8 Å². The molecule has 2 aliphatic rings. The SMILES string of the molecule is Cc1noc(C)c1CO[C@@H]1COCC[C@H]1NC(=O)CCN1CCCC1=O. The van der Waals surface area contributed by atoms with Crippen LogP contribution in [0.1, 0.15) is 42.7 Å². The molecule has 2 aliphatic heterocycles. The average Bonchev–Trinajstić information content (AvgIpc) is 3.18. The van der Waals surface area contributed by atoms with Gasteiger partial charge in [0.2, 0.25) is 11.8 Å². The van der Waals surface area contributed by atoms with Gasteiger partial charge in [0.05, 0.1) is 24.9 Å². The Morgan fingerprint density at radius 3 is 2.96 bits per heavy atom. The zero-order valence-corrected chi connectivity index (χ0v) is 15.5. The summed E-state index contributed by atoms with van der Waals surface area (Å²) in [5.41, 5.74) is 1.75. The maximum atomic E-state index is 12.3. The number of hydrogen-bond acceptors (Lipinski definition) is 6. The van der Waals surface area contributed by atoms with Crippen LogP contribution in [0.3, 0.4) is 0 Å². The molecule has 3 heterocycles. The number of amides is 2. The molecule has 0 spiro atoms. The molecule has 0 radical (unpaired) electrons. The number of aryl methyl sites for hydroxylation is 2. The van der Waals surface area contributed by atoms with Gasteiger partial charge >= 0.3 is 0 Å². The summed E-state index contributed by atoms with van der Waals surface area (Å²) < 4.78 is 16.7. The molecule has 2 atom stereocenters. The zero-order chi connectivity index (χ0) is 18.5. The van der Waals surface area contributed by atoms with E-state index in [4.69, 9.17) is 14.0 Å². The van der Waals surface area contributed by atoms with Crippen LogP contribution < -0.4 is 5.32 Å². The Bertz CT molecular complexity index is 625. The highest BCUT2D eigenvalue weighted by Gasteiger charge is 2.29. The number of ether oxygens (including phenoxy) is 2. The number of nitrogens with zero attached hydrogens (tertiary/aromatic N) is 2. The summed E-state index contributed by atoms with van der Waals surface area (Å²) in [6.45, 7) is 6.40. The molecule has 0 aliphatic carbocycles. The molecular formula is C18H27N3O5. The summed E-state index contributed by atoms with van der Waals surface area (Å²) in [7, 11) is 0. The summed E-state index contributed by atoms with van der Waals surface area (Å²) in [5.74, 6) is 0.835. The van der Waals surface area contributed by atoms with Gasteiger partial charge in [-0.3, -0.25) is 9.59 Å². The van der Waals surface area contributed by atoms with Crippen LogP contribution in [0.15, 0.2) is 4.52 Å². The first kappa shape index (κ1) is 18.8. The van der Waals surface area contributed by atoms with Crippen LogP contribution >= 0.6 is 0 Å². The first-order valence-corrected chi connectivity index (χ1v) is 9.23. The molecule has 0 saturated carbocycles. The van der Waals surface area contributed by atoms with Gasteiger partial charge < -0.3 is 24.2 Å². The van der Waals surface area contributed by atoms with Crippen LogP contribution in [-0.2, 0) is 25.7 Å². The van der Waals surface area contributed by atoms with E-state index in [0.29, 0.717) is 45.6 Å². The van der Waals surface area contributed by atoms with Crippen molar-refractivity contribution in [3.8, 4) is 0 Å². The average molecular weight is 365 g/mol. The summed E-state index contributed by atoms with van der Waals surface area (Å²) in [5, 5.41) is 6.97. The molecule has 3 rings (SSSR count). The fraction of sp³-hybridized carbons (Fsp3) is 0.722. The predicted molar refractivity (Wildman–Crippen MR) is 92.4 cm³/mol. The quantitative estimate of drug-likeness (QED) is 0.777. The van der Waals surface area contributed by atoms with Crippen LogP contribution in [0.5, 0.6) is 0 Å². The van der Waals surface area contributed by atoms with Gasteiger partial charge in [-0.15, -0.1) is 0 Å². The Morgan fingerprint density at radius 2 is 2.27 bits per heavy atom. The maximum Gasteiger partial charge on any atom is 0.222 e. The third-order valence-electron chi connectivity index (χ3n) is 5.05. The van der Waals surface area contributed by atoms with Crippen molar-refractivity contribution in [2.75, 3.05) is 26.3 Å². The number of aromatic nitrogens is 1. The molecule has 0 bridgehead atoms. The lowest BCUT2D eigenvalue weighted by Gasteiger charge is -2.32. The van der Waals surface area contributed by atoms with Gasteiger partial charge in [0.15, 0.2) is 0 Å². The molecular weight excluding hydrogens is 338 g/mol. The van der Waals surface area contributed by atoms with Crippen LogP contribution in [0.2, 0.25) is 0 Å². The number of carbonyl (C=O) groups excluding carboxylic acids is 2. The van der Waals surface area contributed by atoms with E-state index in [-0.39, 0.29) is 24.0 Å². The molecule has 1 N–H and O–H groups in total. The molecule has 2 fully saturated rings. The maximum absolute atomic E-state index is 12.3. The Kier molecular flexibility index (Phi) is 6.26. The van der Waals surface area contributed by atoms with E-state index in [9.17, 15) is 9.59 Å². The van der Waals surface area contributed by atoms with Crippen LogP contribution in [-0.4, -0.2) is 60.3 Å². The highest BCUT2D eigenvalue weighted by molar-refractivity contribution is 5.80. The number of carbonyl (C=O) groups is 2. The second kappa shape index (κ2) is 8.64. The smallest absolute Gasteiger partial charge is 0.222 e. The van der Waals surface area contributed by atoms with Crippen molar-refractivity contribution in [3.05, 3.63) is 17.0 Å². The van der Waals surface area contributed by atoms with Gasteiger partial charge in [-0.25, -0.2) is 0 Å². The molecule has 26 heavy (non-hydrogen) atoms. The Balaban J connectivity index is 1.48. The topological polar surface area (TPSA) is 93.9 Å². The first-order valence-electron chi connectivity index (χ1n) is 9.23. The molecule has 144 valence electrons. The zero-order valence-electron chi connectivity index (χ0n) is 15.5. The Labute approximate surface area is 153 Å². The van der Waals surface area contributed by atoms with Gasteiger partial charge in [-0.05, 0) is 26.7 Å². The Hall–Kier alpha value is -1.93. The second-order valence-electron chi connectivity index (χ2n) is 6.92. The monoisotopic (exact) mass is 365 g/mol. The first-order chi connectivity index (χ1) is 12.5. The molecule has 2 amide bonds. The lowest BCUT2D eigenvalue weighted by atomic mass is 10.1. The van der Waals surface area contributed by atoms with Crippen molar-refractivity contribution < 1.29 is 23.6 Å². The third-order valence-corrected chi connectivity index (χ3v) is 5.05. The normalized spacial score (nSPS) is 23.5. The fourth-order valence-electron chi connectivity index (χ4n) is 3.40. The van der Waals surface area contributed by atoms with E-state index < -0.39 is 0 Å².